The Kier molecular flexibility index (Phi) is 5.84. The molecule has 2 heterocycles. The lowest BCUT2D eigenvalue weighted by atomic mass is 10.1. The van der Waals surface area contributed by atoms with Gasteiger partial charge in [-0.2, -0.15) is 0 Å². The molecule has 0 saturated heterocycles. The first kappa shape index (κ1) is 22.4. The van der Waals surface area contributed by atoms with Crippen LogP contribution in [0.3, 0.4) is 0 Å². The van der Waals surface area contributed by atoms with Gasteiger partial charge in [0.05, 0.1) is 22.0 Å². The molecular weight excluding hydrogens is 460 g/mol. The lowest BCUT2D eigenvalue weighted by Crippen LogP contribution is -2.16. The number of para-hydroxylation sites is 1. The minimum absolute atomic E-state index is 0.0548. The molecule has 0 fully saturated rings. The summed E-state index contributed by atoms with van der Waals surface area (Å²) in [5.74, 6) is 0.0548. The van der Waals surface area contributed by atoms with Gasteiger partial charge in [-0.3, -0.25) is 5.43 Å². The second kappa shape index (κ2) is 9.11. The van der Waals surface area contributed by atoms with E-state index in [9.17, 15) is 8.42 Å². The van der Waals surface area contributed by atoms with Crippen molar-refractivity contribution < 1.29 is 8.42 Å². The van der Waals surface area contributed by atoms with Crippen LogP contribution in [0.25, 0.3) is 22.2 Å². The maximum Gasteiger partial charge on any atom is 0.264 e. The first-order valence-electron chi connectivity index (χ1n) is 11.0. The Bertz CT molecular complexity index is 1580. The Hall–Kier alpha value is -4.37. The van der Waals surface area contributed by atoms with Gasteiger partial charge in [-0.25, -0.2) is 23.1 Å². The standard InChI is InChI=1S/C26H24N6O2S/c1-17-16-18(2)28-26(27-17)32-35(33,34)21-14-12-20(13-15-21)30-31-25-22-10-6-7-11-23(22)29-24(25)19-8-4-3-5-9-19/h3-16,29-31H,1-2H3,(H,27,28,32). The average Bonchev–Trinajstić information content (AvgIpc) is 3.21. The molecule has 3 aromatic carbocycles. The number of anilines is 3. The lowest BCUT2D eigenvalue weighted by molar-refractivity contribution is 0.601. The molecule has 0 aliphatic rings. The summed E-state index contributed by atoms with van der Waals surface area (Å²) in [4.78, 5) is 11.9. The van der Waals surface area contributed by atoms with E-state index in [4.69, 9.17) is 0 Å². The van der Waals surface area contributed by atoms with Crippen LogP contribution < -0.4 is 15.6 Å². The number of H-pyrrole nitrogens is 1. The number of aromatic amines is 1. The van der Waals surface area contributed by atoms with Gasteiger partial charge in [0.15, 0.2) is 0 Å². The molecule has 5 rings (SSSR count). The van der Waals surface area contributed by atoms with Crippen molar-refractivity contribution in [2.24, 2.45) is 0 Å². The van der Waals surface area contributed by atoms with E-state index in [1.165, 1.54) is 12.1 Å². The van der Waals surface area contributed by atoms with Crippen molar-refractivity contribution in [1.29, 1.82) is 0 Å². The van der Waals surface area contributed by atoms with E-state index in [0.717, 1.165) is 27.8 Å². The van der Waals surface area contributed by atoms with E-state index < -0.39 is 10.0 Å². The topological polar surface area (TPSA) is 112 Å². The van der Waals surface area contributed by atoms with Gasteiger partial charge in [0.2, 0.25) is 5.95 Å². The number of fused-ring (bicyclic) bond motifs is 1. The predicted octanol–water partition coefficient (Wildman–Crippen LogP) is 5.48. The number of hydrogen-bond donors (Lipinski definition) is 4. The van der Waals surface area contributed by atoms with E-state index >= 15 is 0 Å². The molecular formula is C26H24N6O2S. The van der Waals surface area contributed by atoms with Crippen molar-refractivity contribution in [2.45, 2.75) is 18.7 Å². The van der Waals surface area contributed by atoms with Crippen LogP contribution in [0.15, 0.2) is 89.8 Å². The summed E-state index contributed by atoms with van der Waals surface area (Å²) in [5.41, 5.74) is 12.5. The average molecular weight is 485 g/mol. The molecule has 0 aliphatic heterocycles. The summed E-state index contributed by atoms with van der Waals surface area (Å²) in [6, 6.07) is 26.3. The molecule has 0 unspecified atom stereocenters. The van der Waals surface area contributed by atoms with Crippen molar-refractivity contribution >= 4 is 38.2 Å². The monoisotopic (exact) mass is 484 g/mol. The largest absolute Gasteiger partial charge is 0.353 e. The molecule has 9 heteroatoms. The van der Waals surface area contributed by atoms with Crippen LogP contribution in [0.1, 0.15) is 11.4 Å². The van der Waals surface area contributed by atoms with Crippen LogP contribution in [0, 0.1) is 13.8 Å². The Morgan fingerprint density at radius 3 is 2.14 bits per heavy atom. The zero-order valence-electron chi connectivity index (χ0n) is 19.2. The van der Waals surface area contributed by atoms with E-state index in [-0.39, 0.29) is 10.8 Å². The number of sulfonamides is 1. The van der Waals surface area contributed by atoms with Gasteiger partial charge in [-0.05, 0) is 50.2 Å². The van der Waals surface area contributed by atoms with Crippen LogP contribution in [-0.2, 0) is 10.0 Å². The molecule has 0 amide bonds. The van der Waals surface area contributed by atoms with Gasteiger partial charge in [0.1, 0.15) is 0 Å². The zero-order valence-corrected chi connectivity index (χ0v) is 20.0. The second-order valence-electron chi connectivity index (χ2n) is 8.14. The summed E-state index contributed by atoms with van der Waals surface area (Å²) >= 11 is 0. The summed E-state index contributed by atoms with van der Waals surface area (Å²) < 4.78 is 28.0. The molecule has 0 bridgehead atoms. The van der Waals surface area contributed by atoms with Crippen molar-refractivity contribution in [3.05, 3.63) is 96.3 Å². The van der Waals surface area contributed by atoms with E-state index in [2.05, 4.69) is 30.5 Å². The summed E-state index contributed by atoms with van der Waals surface area (Å²) in [6.45, 7) is 3.58. The van der Waals surface area contributed by atoms with E-state index in [1.807, 2.05) is 54.6 Å². The molecule has 8 nitrogen and oxygen atoms in total. The van der Waals surface area contributed by atoms with Crippen LogP contribution in [0.2, 0.25) is 0 Å². The lowest BCUT2D eigenvalue weighted by Gasteiger charge is -2.13. The van der Waals surface area contributed by atoms with Gasteiger partial charge in [0, 0.05) is 27.9 Å². The predicted molar refractivity (Wildman–Crippen MR) is 140 cm³/mol. The fraction of sp³-hybridized carbons (Fsp3) is 0.0769. The van der Waals surface area contributed by atoms with Gasteiger partial charge in [-0.1, -0.05) is 48.5 Å². The summed E-state index contributed by atoms with van der Waals surface area (Å²) in [6.07, 6.45) is 0. The van der Waals surface area contributed by atoms with Crippen LogP contribution in [-0.4, -0.2) is 23.4 Å². The number of aryl methyl sites for hydroxylation is 2. The third-order valence-electron chi connectivity index (χ3n) is 5.47. The number of rotatable bonds is 7. The van der Waals surface area contributed by atoms with E-state index in [0.29, 0.717) is 17.1 Å². The highest BCUT2D eigenvalue weighted by atomic mass is 32.2. The maximum atomic E-state index is 12.8. The minimum Gasteiger partial charge on any atom is -0.353 e. The Morgan fingerprint density at radius 1 is 0.771 bits per heavy atom. The van der Waals surface area contributed by atoms with Crippen LogP contribution >= 0.6 is 0 Å². The van der Waals surface area contributed by atoms with Crippen molar-refractivity contribution in [3.63, 3.8) is 0 Å². The first-order chi connectivity index (χ1) is 16.9. The SMILES string of the molecule is Cc1cc(C)nc(NS(=O)(=O)c2ccc(NNc3c(-c4ccccc4)[nH]c4ccccc34)cc2)n1. The van der Waals surface area contributed by atoms with Crippen LogP contribution in [0.4, 0.5) is 17.3 Å². The quantitative estimate of drug-likeness (QED) is 0.228. The van der Waals surface area contributed by atoms with Gasteiger partial charge >= 0.3 is 0 Å². The molecule has 176 valence electrons. The molecule has 5 aromatic rings. The highest BCUT2D eigenvalue weighted by Gasteiger charge is 2.17. The fourth-order valence-electron chi connectivity index (χ4n) is 3.90. The van der Waals surface area contributed by atoms with Crippen molar-refractivity contribution in [2.75, 3.05) is 15.6 Å². The van der Waals surface area contributed by atoms with Crippen molar-refractivity contribution in [1.82, 2.24) is 15.0 Å². The molecule has 0 atom stereocenters. The van der Waals surface area contributed by atoms with E-state index in [1.54, 1.807) is 32.0 Å². The molecule has 0 saturated carbocycles. The van der Waals surface area contributed by atoms with Crippen LogP contribution in [0.5, 0.6) is 0 Å². The highest BCUT2D eigenvalue weighted by molar-refractivity contribution is 7.92. The Balaban J connectivity index is 1.36. The van der Waals surface area contributed by atoms with Gasteiger partial charge < -0.3 is 10.4 Å². The number of nitrogens with one attached hydrogen (secondary N) is 4. The molecule has 0 radical (unpaired) electrons. The molecule has 35 heavy (non-hydrogen) atoms. The molecule has 2 aromatic heterocycles. The van der Waals surface area contributed by atoms with Crippen molar-refractivity contribution in [3.8, 4) is 11.3 Å². The number of nitrogens with zero attached hydrogens (tertiary/aromatic N) is 2. The molecule has 4 N–H and O–H groups in total. The second-order valence-corrected chi connectivity index (χ2v) is 9.82. The number of hydrogen-bond acceptors (Lipinski definition) is 6. The Morgan fingerprint density at radius 2 is 1.43 bits per heavy atom. The first-order valence-corrected chi connectivity index (χ1v) is 12.5. The summed E-state index contributed by atoms with van der Waals surface area (Å²) in [7, 11) is -3.82. The Labute approximate surface area is 203 Å². The molecule has 0 aliphatic carbocycles. The number of aromatic nitrogens is 3. The number of hydrazine groups is 1. The third-order valence-corrected chi connectivity index (χ3v) is 6.82. The highest BCUT2D eigenvalue weighted by Crippen LogP contribution is 2.35. The summed E-state index contributed by atoms with van der Waals surface area (Å²) in [5, 5.41) is 1.04. The third kappa shape index (κ3) is 4.80. The van der Waals surface area contributed by atoms with Gasteiger partial charge in [0.25, 0.3) is 10.0 Å². The number of benzene rings is 3. The molecule has 0 spiro atoms. The minimum atomic E-state index is -3.82. The smallest absolute Gasteiger partial charge is 0.264 e. The maximum absolute atomic E-state index is 12.8. The van der Waals surface area contributed by atoms with Gasteiger partial charge in [-0.15, -0.1) is 0 Å². The fourth-order valence-corrected chi connectivity index (χ4v) is 4.84. The normalized spacial score (nSPS) is 11.4. The zero-order chi connectivity index (χ0) is 24.4.